The lowest BCUT2D eigenvalue weighted by atomic mass is 10.00. The van der Waals surface area contributed by atoms with Crippen LogP contribution in [0.1, 0.15) is 50.7 Å². The topological polar surface area (TPSA) is 387 Å². The Morgan fingerprint density at radius 2 is 1.06 bits per heavy atom. The second-order valence-electron chi connectivity index (χ2n) is 14.7. The Bertz CT molecular complexity index is 1840. The number of carbonyl (C=O) groups excluding carboxylic acids is 6. The first-order valence-electron chi connectivity index (χ1n) is 20.0. The number of carboxylic acid groups (broad SMARTS) is 1. The molecule has 6 amide bonds. The molecule has 0 aliphatic heterocycles. The monoisotopic (exact) mass is 867 g/mol. The van der Waals surface area contributed by atoms with Crippen LogP contribution in [0, 0.1) is 5.92 Å². The molecule has 62 heavy (non-hydrogen) atoms. The van der Waals surface area contributed by atoms with Gasteiger partial charge in [-0.1, -0.05) is 74.5 Å². The fraction of sp³-hybridized carbons (Fsp3) is 0.475. The minimum Gasteiger partial charge on any atom is -0.480 e. The third kappa shape index (κ3) is 19.5. The summed E-state index contributed by atoms with van der Waals surface area (Å²) >= 11 is 0. The number of aliphatic carboxylic acids is 1. The van der Waals surface area contributed by atoms with Crippen LogP contribution in [0.2, 0.25) is 0 Å². The molecule has 2 rings (SSSR count). The van der Waals surface area contributed by atoms with Gasteiger partial charge < -0.3 is 70.8 Å². The Morgan fingerprint density at radius 1 is 0.597 bits per heavy atom. The van der Waals surface area contributed by atoms with Gasteiger partial charge in [-0.3, -0.25) is 38.8 Å². The van der Waals surface area contributed by atoms with Crippen molar-refractivity contribution in [2.45, 2.75) is 88.6 Å². The smallest absolute Gasteiger partial charge is 0.326 e. The molecule has 0 unspecified atom stereocenters. The van der Waals surface area contributed by atoms with Gasteiger partial charge in [0, 0.05) is 25.9 Å². The van der Waals surface area contributed by atoms with Gasteiger partial charge in [0.15, 0.2) is 11.9 Å². The summed E-state index contributed by atoms with van der Waals surface area (Å²) < 4.78 is 0. The molecular weight excluding hydrogens is 807 g/mol. The number of hydrogen-bond donors (Lipinski definition) is 13. The van der Waals surface area contributed by atoms with Gasteiger partial charge in [0.1, 0.15) is 30.2 Å². The lowest BCUT2D eigenvalue weighted by molar-refractivity contribution is -0.142. The van der Waals surface area contributed by atoms with Crippen molar-refractivity contribution in [2.24, 2.45) is 44.6 Å². The molecule has 22 nitrogen and oxygen atoms in total. The van der Waals surface area contributed by atoms with Crippen LogP contribution in [0.15, 0.2) is 70.6 Å². The Hall–Kier alpha value is -6.81. The number of aliphatic hydroxyl groups excluding tert-OH is 1. The fourth-order valence-corrected chi connectivity index (χ4v) is 5.86. The van der Waals surface area contributed by atoms with Crippen LogP contribution < -0.4 is 60.6 Å². The van der Waals surface area contributed by atoms with Crippen molar-refractivity contribution in [2.75, 3.05) is 26.2 Å². The van der Waals surface area contributed by atoms with Crippen molar-refractivity contribution >= 4 is 53.3 Å². The zero-order valence-corrected chi connectivity index (χ0v) is 34.9. The molecule has 2 aromatic rings. The van der Waals surface area contributed by atoms with E-state index in [1.165, 1.54) is 0 Å². The van der Waals surface area contributed by atoms with Gasteiger partial charge in [-0.25, -0.2) is 4.79 Å². The number of amides is 6. The number of nitrogens with one attached hydrogen (secondary N) is 6. The predicted octanol–water partition coefficient (Wildman–Crippen LogP) is -3.82. The van der Waals surface area contributed by atoms with Crippen molar-refractivity contribution in [1.82, 2.24) is 31.9 Å². The lowest BCUT2D eigenvalue weighted by Crippen LogP contribution is -2.59. The summed E-state index contributed by atoms with van der Waals surface area (Å²) in [5.74, 6) is -6.95. The van der Waals surface area contributed by atoms with Crippen LogP contribution in [-0.2, 0) is 46.4 Å². The molecule has 0 aliphatic carbocycles. The van der Waals surface area contributed by atoms with E-state index in [-0.39, 0.29) is 57.1 Å². The molecule has 0 fully saturated rings. The van der Waals surface area contributed by atoms with Crippen molar-refractivity contribution in [3.05, 3.63) is 71.8 Å². The molecule has 0 saturated heterocycles. The molecule has 0 heterocycles. The average Bonchev–Trinajstić information content (AvgIpc) is 3.23. The molecule has 0 spiro atoms. The summed E-state index contributed by atoms with van der Waals surface area (Å²) in [6.07, 6.45) is 0.644. The Balaban J connectivity index is 2.15. The third-order valence-electron chi connectivity index (χ3n) is 9.20. The Morgan fingerprint density at radius 3 is 1.56 bits per heavy atom. The molecule has 340 valence electrons. The summed E-state index contributed by atoms with van der Waals surface area (Å²) in [7, 11) is 0. The number of aliphatic imine (C=N–C) groups is 2. The van der Waals surface area contributed by atoms with Crippen LogP contribution in [0.5, 0.6) is 0 Å². The van der Waals surface area contributed by atoms with E-state index in [0.29, 0.717) is 17.5 Å². The van der Waals surface area contributed by atoms with E-state index in [0.717, 1.165) is 0 Å². The van der Waals surface area contributed by atoms with E-state index in [4.69, 9.17) is 28.7 Å². The van der Waals surface area contributed by atoms with Crippen LogP contribution >= 0.6 is 0 Å². The summed E-state index contributed by atoms with van der Waals surface area (Å²) in [6, 6.07) is 9.80. The van der Waals surface area contributed by atoms with Crippen molar-refractivity contribution in [3.8, 4) is 0 Å². The highest BCUT2D eigenvalue weighted by molar-refractivity contribution is 5.96. The Kier molecular flexibility index (Phi) is 22.5. The highest BCUT2D eigenvalue weighted by Crippen LogP contribution is 2.10. The quantitative estimate of drug-likeness (QED) is 0.0233. The SMILES string of the molecule is CC(C)[C@H](NC(=O)CNC(=O)[C@H](CCCN=C(N)N)NC(=O)[C@H](CO)NC(=O)[C@@H](N)CCCN=C(N)N)C(=O)N[C@@H](Cc1ccccc1)C(=O)N[C@@H](Cc1ccccc1)C(=O)O. The molecule has 6 atom stereocenters. The maximum atomic E-state index is 13.7. The average molecular weight is 868 g/mol. The molecule has 2 aromatic carbocycles. The molecule has 22 heteroatoms. The second kappa shape index (κ2) is 27.1. The van der Waals surface area contributed by atoms with E-state index in [2.05, 4.69) is 41.9 Å². The molecule has 18 N–H and O–H groups in total. The first kappa shape index (κ1) is 51.3. The number of rotatable bonds is 27. The van der Waals surface area contributed by atoms with Gasteiger partial charge in [-0.05, 0) is 42.7 Å². The standard InChI is InChI=1S/C40H61N13O9/c1-23(2)32(37(60)50-28(19-24-11-5-3-6-12-24)35(58)51-29(38(61)62)20-25-13-7-4-8-14-25)53-31(55)21-48-34(57)27(16-10-18-47-40(44)45)49-36(59)30(22-54)52-33(56)26(41)15-9-17-46-39(42)43/h3-8,11-14,23,26-30,32,54H,9-10,15-22,41H2,1-2H3,(H,48,57)(H,49,59)(H,50,60)(H,51,58)(H,52,56)(H,53,55)(H,61,62)(H4,42,43,46)(H4,44,45,47)/t26-,27-,28-,29-,30-,32-/m0/s1. The van der Waals surface area contributed by atoms with E-state index in [1.807, 2.05) is 0 Å². The summed E-state index contributed by atoms with van der Waals surface area (Å²) in [5.41, 5.74) is 28.6. The van der Waals surface area contributed by atoms with Crippen molar-refractivity contribution in [3.63, 3.8) is 0 Å². The number of aliphatic hydroxyl groups is 1. The van der Waals surface area contributed by atoms with Crippen LogP contribution in [0.25, 0.3) is 0 Å². The van der Waals surface area contributed by atoms with E-state index in [1.54, 1.807) is 74.5 Å². The van der Waals surface area contributed by atoms with Gasteiger partial charge >= 0.3 is 5.97 Å². The van der Waals surface area contributed by atoms with Gasteiger partial charge in [0.05, 0.1) is 19.2 Å². The highest BCUT2D eigenvalue weighted by atomic mass is 16.4. The minimum absolute atomic E-state index is 0.00444. The number of benzene rings is 2. The highest BCUT2D eigenvalue weighted by Gasteiger charge is 2.32. The molecule has 0 radical (unpaired) electrons. The zero-order chi connectivity index (χ0) is 46.2. The summed E-state index contributed by atoms with van der Waals surface area (Å²) in [4.78, 5) is 99.7. The molecular formula is C40H61N13O9. The Labute approximate surface area is 359 Å². The first-order chi connectivity index (χ1) is 29.4. The normalized spacial score (nSPS) is 13.7. The van der Waals surface area contributed by atoms with Gasteiger partial charge in [0.2, 0.25) is 35.4 Å². The number of guanidine groups is 2. The second-order valence-corrected chi connectivity index (χ2v) is 14.7. The third-order valence-corrected chi connectivity index (χ3v) is 9.20. The summed E-state index contributed by atoms with van der Waals surface area (Å²) in [6.45, 7) is 2.09. The van der Waals surface area contributed by atoms with Crippen LogP contribution in [0.3, 0.4) is 0 Å². The molecule has 0 aromatic heterocycles. The van der Waals surface area contributed by atoms with Crippen LogP contribution in [0.4, 0.5) is 0 Å². The number of hydrogen-bond acceptors (Lipinski definition) is 11. The van der Waals surface area contributed by atoms with Crippen LogP contribution in [-0.4, -0.2) is 126 Å². The maximum Gasteiger partial charge on any atom is 0.326 e. The zero-order valence-electron chi connectivity index (χ0n) is 34.9. The maximum absolute atomic E-state index is 13.7. The first-order valence-corrected chi connectivity index (χ1v) is 20.0. The van der Waals surface area contributed by atoms with E-state index in [9.17, 15) is 43.8 Å². The number of carboxylic acids is 1. The lowest BCUT2D eigenvalue weighted by Gasteiger charge is -2.26. The number of nitrogens with two attached hydrogens (primary N) is 5. The van der Waals surface area contributed by atoms with Gasteiger partial charge in [-0.15, -0.1) is 0 Å². The molecule has 0 saturated carbocycles. The fourth-order valence-electron chi connectivity index (χ4n) is 5.86. The van der Waals surface area contributed by atoms with Gasteiger partial charge in [0.25, 0.3) is 0 Å². The number of carbonyl (C=O) groups is 7. The van der Waals surface area contributed by atoms with Gasteiger partial charge in [-0.2, -0.15) is 0 Å². The van der Waals surface area contributed by atoms with Crippen molar-refractivity contribution in [1.29, 1.82) is 0 Å². The largest absolute Gasteiger partial charge is 0.480 e. The predicted molar refractivity (Wildman–Crippen MR) is 230 cm³/mol. The van der Waals surface area contributed by atoms with E-state index < -0.39 is 96.7 Å². The minimum atomic E-state index is -1.50. The van der Waals surface area contributed by atoms with Crippen molar-refractivity contribution < 1.29 is 43.8 Å². The number of nitrogens with zero attached hydrogens (tertiary/aromatic N) is 2. The molecule has 0 bridgehead atoms. The van der Waals surface area contributed by atoms with E-state index >= 15 is 0 Å². The summed E-state index contributed by atoms with van der Waals surface area (Å²) in [5, 5.41) is 34.8. The molecule has 0 aliphatic rings.